The largest absolute Gasteiger partial charge is 0.481 e. The van der Waals surface area contributed by atoms with Crippen molar-refractivity contribution in [3.8, 4) is 0 Å². The van der Waals surface area contributed by atoms with Gasteiger partial charge in [-0.2, -0.15) is 0 Å². The Labute approximate surface area is 66.9 Å². The summed E-state index contributed by atoms with van der Waals surface area (Å²) in [4.78, 5) is 10.1. The molecule has 54 valence electrons. The predicted molar refractivity (Wildman–Crippen MR) is 42.7 cm³/mol. The van der Waals surface area contributed by atoms with Crippen molar-refractivity contribution >= 4 is 29.1 Å². The molecule has 0 aliphatic carbocycles. The van der Waals surface area contributed by atoms with E-state index in [0.717, 1.165) is 4.21 Å². The van der Waals surface area contributed by atoms with E-state index in [4.69, 9.17) is 5.11 Å². The molecule has 0 spiro atoms. The first-order chi connectivity index (χ1) is 4.79. The second kappa shape index (κ2) is 3.63. The smallest absolute Gasteiger partial charge is 0.313 e. The molecule has 0 atom stereocenters. The van der Waals surface area contributed by atoms with E-state index in [1.807, 2.05) is 17.5 Å². The van der Waals surface area contributed by atoms with Crippen LogP contribution in [0, 0.1) is 0 Å². The Morgan fingerprint density at radius 2 is 2.60 bits per heavy atom. The van der Waals surface area contributed by atoms with Gasteiger partial charge in [0.25, 0.3) is 0 Å². The molecule has 1 heterocycles. The number of thiophene rings is 1. The minimum atomic E-state index is -0.765. The van der Waals surface area contributed by atoms with Crippen LogP contribution in [0.15, 0.2) is 21.7 Å². The number of hydrogen-bond donors (Lipinski definition) is 1. The quantitative estimate of drug-likeness (QED) is 0.711. The summed E-state index contributed by atoms with van der Waals surface area (Å²) in [6.45, 7) is 0. The second-order valence-corrected chi connectivity index (χ2v) is 3.84. The number of aliphatic carboxylic acids is 1. The third-order valence-electron chi connectivity index (χ3n) is 0.833. The lowest BCUT2D eigenvalue weighted by Gasteiger charge is -1.89. The molecule has 1 aromatic rings. The molecule has 0 amide bonds. The van der Waals surface area contributed by atoms with Crippen molar-refractivity contribution in [3.63, 3.8) is 0 Å². The molecule has 0 aliphatic heterocycles. The van der Waals surface area contributed by atoms with Crippen LogP contribution in [0.1, 0.15) is 0 Å². The van der Waals surface area contributed by atoms with Crippen molar-refractivity contribution in [2.24, 2.45) is 0 Å². The van der Waals surface area contributed by atoms with Crippen LogP contribution in [-0.2, 0) is 4.79 Å². The molecule has 0 aromatic carbocycles. The standard InChI is InChI=1S/C6H6O2S2/c7-5(8)4-10-6-2-1-3-9-6/h1-3H,4H2,(H,7,8). The summed E-state index contributed by atoms with van der Waals surface area (Å²) in [7, 11) is 0. The maximum atomic E-state index is 10.1. The highest BCUT2D eigenvalue weighted by Gasteiger charge is 1.98. The number of rotatable bonds is 3. The van der Waals surface area contributed by atoms with Crippen LogP contribution in [-0.4, -0.2) is 16.8 Å². The number of thioether (sulfide) groups is 1. The highest BCUT2D eigenvalue weighted by Crippen LogP contribution is 2.22. The molecule has 0 fully saturated rings. The normalized spacial score (nSPS) is 9.60. The van der Waals surface area contributed by atoms with Gasteiger partial charge < -0.3 is 5.11 Å². The topological polar surface area (TPSA) is 37.3 Å². The van der Waals surface area contributed by atoms with Gasteiger partial charge in [-0.15, -0.1) is 23.1 Å². The van der Waals surface area contributed by atoms with Gasteiger partial charge in [0.1, 0.15) is 0 Å². The summed E-state index contributed by atoms with van der Waals surface area (Å²) >= 11 is 2.92. The van der Waals surface area contributed by atoms with Gasteiger partial charge in [-0.3, -0.25) is 4.79 Å². The third-order valence-corrected chi connectivity index (χ3v) is 2.95. The van der Waals surface area contributed by atoms with Gasteiger partial charge in [-0.25, -0.2) is 0 Å². The Bertz CT molecular complexity index is 206. The maximum absolute atomic E-state index is 10.1. The van der Waals surface area contributed by atoms with E-state index in [9.17, 15) is 4.79 Å². The number of carboxylic acid groups (broad SMARTS) is 1. The Balaban J connectivity index is 2.35. The number of carbonyl (C=O) groups is 1. The average molecular weight is 174 g/mol. The monoisotopic (exact) mass is 174 g/mol. The van der Waals surface area contributed by atoms with Gasteiger partial charge in [-0.1, -0.05) is 6.07 Å². The fourth-order valence-electron chi connectivity index (χ4n) is 0.478. The molecule has 0 unspecified atom stereocenters. The molecular formula is C6H6O2S2. The molecule has 2 nitrogen and oxygen atoms in total. The molecule has 10 heavy (non-hydrogen) atoms. The summed E-state index contributed by atoms with van der Waals surface area (Å²) in [5.41, 5.74) is 0. The van der Waals surface area contributed by atoms with Crippen LogP contribution < -0.4 is 0 Å². The van der Waals surface area contributed by atoms with Gasteiger partial charge in [0.2, 0.25) is 0 Å². The predicted octanol–water partition coefficient (Wildman–Crippen LogP) is 1.92. The van der Waals surface area contributed by atoms with Crippen LogP contribution in [0.4, 0.5) is 0 Å². The molecule has 0 saturated heterocycles. The van der Waals surface area contributed by atoms with Gasteiger partial charge in [-0.05, 0) is 11.4 Å². The molecule has 4 heteroatoms. The highest BCUT2D eigenvalue weighted by molar-refractivity contribution is 8.01. The van der Waals surface area contributed by atoms with E-state index in [2.05, 4.69) is 0 Å². The minimum absolute atomic E-state index is 0.153. The molecule has 0 aliphatic rings. The zero-order valence-electron chi connectivity index (χ0n) is 5.11. The second-order valence-electron chi connectivity index (χ2n) is 1.61. The molecule has 0 bridgehead atoms. The Kier molecular flexibility index (Phi) is 2.77. The highest BCUT2D eigenvalue weighted by atomic mass is 32.2. The SMILES string of the molecule is O=C(O)CSc1cccs1. The number of carboxylic acids is 1. The number of hydrogen-bond acceptors (Lipinski definition) is 3. The summed E-state index contributed by atoms with van der Waals surface area (Å²) in [5.74, 6) is -0.612. The summed E-state index contributed by atoms with van der Waals surface area (Å²) < 4.78 is 1.06. The fourth-order valence-corrected chi connectivity index (χ4v) is 1.98. The van der Waals surface area contributed by atoms with Crippen molar-refractivity contribution < 1.29 is 9.90 Å². The van der Waals surface area contributed by atoms with E-state index in [1.165, 1.54) is 11.8 Å². The van der Waals surface area contributed by atoms with Gasteiger partial charge in [0.05, 0.1) is 9.96 Å². The lowest BCUT2D eigenvalue weighted by atomic mass is 10.7. The van der Waals surface area contributed by atoms with Gasteiger partial charge in [0.15, 0.2) is 0 Å². The Morgan fingerprint density at radius 1 is 1.80 bits per heavy atom. The molecular weight excluding hydrogens is 168 g/mol. The van der Waals surface area contributed by atoms with Crippen LogP contribution >= 0.6 is 23.1 Å². The Hall–Kier alpha value is -0.480. The van der Waals surface area contributed by atoms with Crippen molar-refractivity contribution in [3.05, 3.63) is 17.5 Å². The van der Waals surface area contributed by atoms with Crippen LogP contribution in [0.5, 0.6) is 0 Å². The van der Waals surface area contributed by atoms with Gasteiger partial charge in [0, 0.05) is 0 Å². The van der Waals surface area contributed by atoms with E-state index < -0.39 is 5.97 Å². The third kappa shape index (κ3) is 2.41. The fraction of sp³-hybridized carbons (Fsp3) is 0.167. The van der Waals surface area contributed by atoms with Gasteiger partial charge >= 0.3 is 5.97 Å². The molecule has 0 radical (unpaired) electrons. The molecule has 1 rings (SSSR count). The van der Waals surface area contributed by atoms with E-state index in [0.29, 0.717) is 0 Å². The van der Waals surface area contributed by atoms with E-state index in [1.54, 1.807) is 11.3 Å². The molecule has 0 saturated carbocycles. The first kappa shape index (κ1) is 7.63. The minimum Gasteiger partial charge on any atom is -0.481 e. The van der Waals surface area contributed by atoms with Crippen molar-refractivity contribution in [2.45, 2.75) is 4.21 Å². The van der Waals surface area contributed by atoms with Crippen LogP contribution in [0.25, 0.3) is 0 Å². The molecule has 1 aromatic heterocycles. The van der Waals surface area contributed by atoms with Crippen molar-refractivity contribution in [2.75, 3.05) is 5.75 Å². The molecule has 1 N–H and O–H groups in total. The van der Waals surface area contributed by atoms with Crippen LogP contribution in [0.3, 0.4) is 0 Å². The first-order valence-electron chi connectivity index (χ1n) is 2.67. The van der Waals surface area contributed by atoms with E-state index in [-0.39, 0.29) is 5.75 Å². The average Bonchev–Trinajstić information content (AvgIpc) is 2.34. The lowest BCUT2D eigenvalue weighted by molar-refractivity contribution is -0.133. The van der Waals surface area contributed by atoms with Crippen molar-refractivity contribution in [1.29, 1.82) is 0 Å². The van der Waals surface area contributed by atoms with Crippen LogP contribution in [0.2, 0.25) is 0 Å². The zero-order valence-corrected chi connectivity index (χ0v) is 6.74. The first-order valence-corrected chi connectivity index (χ1v) is 4.53. The summed E-state index contributed by atoms with van der Waals surface area (Å²) in [6.07, 6.45) is 0. The van der Waals surface area contributed by atoms with E-state index >= 15 is 0 Å². The summed E-state index contributed by atoms with van der Waals surface area (Å²) in [5, 5.41) is 10.2. The maximum Gasteiger partial charge on any atom is 0.313 e. The zero-order chi connectivity index (χ0) is 7.40. The lowest BCUT2D eigenvalue weighted by Crippen LogP contribution is -1.96. The van der Waals surface area contributed by atoms with Crippen molar-refractivity contribution in [1.82, 2.24) is 0 Å². The Morgan fingerprint density at radius 3 is 3.10 bits per heavy atom. The summed E-state index contributed by atoms with van der Waals surface area (Å²) in [6, 6.07) is 3.83.